The Bertz CT molecular complexity index is 452. The maximum absolute atomic E-state index is 12.6. The van der Waals surface area contributed by atoms with Crippen molar-refractivity contribution < 1.29 is 8.78 Å². The lowest BCUT2D eigenvalue weighted by Gasteiger charge is -1.94. The van der Waals surface area contributed by atoms with E-state index in [9.17, 15) is 8.78 Å². The van der Waals surface area contributed by atoms with Crippen molar-refractivity contribution in [1.82, 2.24) is 0 Å². The fourth-order valence-electron chi connectivity index (χ4n) is 1.23. The molecule has 0 heterocycles. The fourth-order valence-corrected chi connectivity index (χ4v) is 1.23. The molecule has 0 saturated heterocycles. The molecule has 2 heteroatoms. The van der Waals surface area contributed by atoms with Gasteiger partial charge in [-0.3, -0.25) is 0 Å². The van der Waals surface area contributed by atoms with Crippen LogP contribution in [0.5, 0.6) is 0 Å². The first-order valence-corrected chi connectivity index (χ1v) is 5.44. The van der Waals surface area contributed by atoms with Gasteiger partial charge in [-0.2, -0.15) is 0 Å². The van der Waals surface area contributed by atoms with E-state index in [-0.39, 0.29) is 11.6 Å². The summed E-state index contributed by atoms with van der Waals surface area (Å²) in [6, 6.07) is 11.6. The average Bonchev–Trinajstić information content (AvgIpc) is 2.29. The minimum Gasteiger partial charge on any atom is -0.207 e. The SMILES string of the molecule is Cc1ccc(C)c(F)c1.Cc1ccc(F)cc1. The number of hydrogen-bond donors (Lipinski definition) is 0. The summed E-state index contributed by atoms with van der Waals surface area (Å²) >= 11 is 0. The van der Waals surface area contributed by atoms with Crippen molar-refractivity contribution in [3.05, 3.63) is 70.8 Å². The lowest BCUT2D eigenvalue weighted by molar-refractivity contribution is 0.617. The molecule has 90 valence electrons. The summed E-state index contributed by atoms with van der Waals surface area (Å²) in [7, 11) is 0. The highest BCUT2D eigenvalue weighted by Crippen LogP contribution is 2.06. The van der Waals surface area contributed by atoms with Crippen LogP contribution in [-0.4, -0.2) is 0 Å². The molecule has 0 nitrogen and oxygen atoms in total. The van der Waals surface area contributed by atoms with Crippen LogP contribution >= 0.6 is 0 Å². The van der Waals surface area contributed by atoms with E-state index in [2.05, 4.69) is 0 Å². The molecule has 0 saturated carbocycles. The third-order valence-corrected chi connectivity index (χ3v) is 2.34. The van der Waals surface area contributed by atoms with Crippen molar-refractivity contribution in [2.24, 2.45) is 0 Å². The van der Waals surface area contributed by atoms with Gasteiger partial charge in [0.2, 0.25) is 0 Å². The van der Waals surface area contributed by atoms with Crippen LogP contribution in [0.15, 0.2) is 42.5 Å². The molecule has 2 rings (SSSR count). The molecule has 0 aliphatic rings. The molecule has 2 aromatic rings. The zero-order valence-electron chi connectivity index (χ0n) is 10.3. The molecule has 0 atom stereocenters. The molecular formula is C15H16F2. The molecular weight excluding hydrogens is 218 g/mol. The second-order valence-corrected chi connectivity index (χ2v) is 4.05. The van der Waals surface area contributed by atoms with Gasteiger partial charge in [-0.1, -0.05) is 29.8 Å². The summed E-state index contributed by atoms with van der Waals surface area (Å²) in [4.78, 5) is 0. The summed E-state index contributed by atoms with van der Waals surface area (Å²) in [6.07, 6.45) is 0. The van der Waals surface area contributed by atoms with Gasteiger partial charge < -0.3 is 0 Å². The predicted molar refractivity (Wildman–Crippen MR) is 67.0 cm³/mol. The van der Waals surface area contributed by atoms with Crippen molar-refractivity contribution in [1.29, 1.82) is 0 Å². The highest BCUT2D eigenvalue weighted by Gasteiger charge is 1.93. The molecule has 0 unspecified atom stereocenters. The van der Waals surface area contributed by atoms with Gasteiger partial charge in [-0.25, -0.2) is 8.78 Å². The van der Waals surface area contributed by atoms with Gasteiger partial charge in [-0.05, 0) is 50.1 Å². The number of benzene rings is 2. The summed E-state index contributed by atoms with van der Waals surface area (Å²) in [5, 5.41) is 0. The highest BCUT2D eigenvalue weighted by atomic mass is 19.1. The predicted octanol–water partition coefficient (Wildman–Crippen LogP) is 4.58. The molecule has 0 aliphatic carbocycles. The Balaban J connectivity index is 0.000000171. The van der Waals surface area contributed by atoms with E-state index in [1.54, 1.807) is 25.1 Å². The molecule has 0 bridgehead atoms. The zero-order valence-corrected chi connectivity index (χ0v) is 10.3. The molecule has 0 aliphatic heterocycles. The van der Waals surface area contributed by atoms with Crippen molar-refractivity contribution in [2.45, 2.75) is 20.8 Å². The number of hydrogen-bond acceptors (Lipinski definition) is 0. The van der Waals surface area contributed by atoms with E-state index in [1.807, 2.05) is 19.9 Å². The smallest absolute Gasteiger partial charge is 0.126 e. The molecule has 0 N–H and O–H groups in total. The lowest BCUT2D eigenvalue weighted by Crippen LogP contribution is -1.81. The second-order valence-electron chi connectivity index (χ2n) is 4.05. The van der Waals surface area contributed by atoms with Gasteiger partial charge in [0.25, 0.3) is 0 Å². The van der Waals surface area contributed by atoms with Gasteiger partial charge in [0.05, 0.1) is 0 Å². The molecule has 0 spiro atoms. The maximum atomic E-state index is 12.6. The standard InChI is InChI=1S/C8H9F.C7H7F/c1-6-3-4-7(2)8(9)5-6;1-6-2-4-7(8)5-3-6/h3-5H,1-2H3;2-5H,1H3. The Labute approximate surface area is 101 Å². The largest absolute Gasteiger partial charge is 0.207 e. The topological polar surface area (TPSA) is 0 Å². The van der Waals surface area contributed by atoms with E-state index in [0.717, 1.165) is 11.1 Å². The Morgan fingerprint density at radius 1 is 0.706 bits per heavy atom. The molecule has 0 fully saturated rings. The van der Waals surface area contributed by atoms with Crippen molar-refractivity contribution >= 4 is 0 Å². The van der Waals surface area contributed by atoms with Crippen LogP contribution < -0.4 is 0 Å². The first-order chi connectivity index (χ1) is 7.99. The van der Waals surface area contributed by atoms with E-state index in [1.165, 1.54) is 18.2 Å². The van der Waals surface area contributed by atoms with Crippen LogP contribution in [0.1, 0.15) is 16.7 Å². The highest BCUT2D eigenvalue weighted by molar-refractivity contribution is 5.21. The lowest BCUT2D eigenvalue weighted by atomic mass is 10.2. The van der Waals surface area contributed by atoms with Gasteiger partial charge >= 0.3 is 0 Å². The van der Waals surface area contributed by atoms with E-state index >= 15 is 0 Å². The Kier molecular flexibility index (Phi) is 4.83. The summed E-state index contributed by atoms with van der Waals surface area (Å²) in [6.45, 7) is 5.57. The third-order valence-electron chi connectivity index (χ3n) is 2.34. The number of aryl methyl sites for hydroxylation is 3. The van der Waals surface area contributed by atoms with E-state index < -0.39 is 0 Å². The average molecular weight is 234 g/mol. The number of rotatable bonds is 0. The maximum Gasteiger partial charge on any atom is 0.126 e. The van der Waals surface area contributed by atoms with Crippen LogP contribution in [0.3, 0.4) is 0 Å². The summed E-state index contributed by atoms with van der Waals surface area (Å²) in [5.74, 6) is -0.286. The molecule has 0 radical (unpaired) electrons. The van der Waals surface area contributed by atoms with Crippen LogP contribution in [0, 0.1) is 32.4 Å². The van der Waals surface area contributed by atoms with Crippen LogP contribution in [0.2, 0.25) is 0 Å². The minimum atomic E-state index is -0.171. The Morgan fingerprint density at radius 3 is 1.65 bits per heavy atom. The van der Waals surface area contributed by atoms with Crippen molar-refractivity contribution in [2.75, 3.05) is 0 Å². The van der Waals surface area contributed by atoms with E-state index in [0.29, 0.717) is 5.56 Å². The molecule has 17 heavy (non-hydrogen) atoms. The quantitative estimate of drug-likeness (QED) is 0.626. The second kappa shape index (κ2) is 6.14. The van der Waals surface area contributed by atoms with Gasteiger partial charge in [0.1, 0.15) is 11.6 Å². The van der Waals surface area contributed by atoms with Gasteiger partial charge in [-0.15, -0.1) is 0 Å². The van der Waals surface area contributed by atoms with Crippen molar-refractivity contribution in [3.8, 4) is 0 Å². The number of halogens is 2. The Morgan fingerprint density at radius 2 is 1.24 bits per heavy atom. The van der Waals surface area contributed by atoms with Crippen LogP contribution in [0.4, 0.5) is 8.78 Å². The molecule has 0 amide bonds. The summed E-state index contributed by atoms with van der Waals surface area (Å²) in [5.41, 5.74) is 2.77. The van der Waals surface area contributed by atoms with Crippen LogP contribution in [0.25, 0.3) is 0 Å². The minimum absolute atomic E-state index is 0.116. The zero-order chi connectivity index (χ0) is 12.8. The third kappa shape index (κ3) is 4.77. The normalized spacial score (nSPS) is 9.47. The first-order valence-electron chi connectivity index (χ1n) is 5.44. The first kappa shape index (κ1) is 13.4. The Hall–Kier alpha value is -1.70. The van der Waals surface area contributed by atoms with Crippen molar-refractivity contribution in [3.63, 3.8) is 0 Å². The van der Waals surface area contributed by atoms with Gasteiger partial charge in [0.15, 0.2) is 0 Å². The van der Waals surface area contributed by atoms with Gasteiger partial charge in [0, 0.05) is 0 Å². The molecule has 0 aromatic heterocycles. The fraction of sp³-hybridized carbons (Fsp3) is 0.200. The van der Waals surface area contributed by atoms with Crippen LogP contribution in [-0.2, 0) is 0 Å². The summed E-state index contributed by atoms with van der Waals surface area (Å²) < 4.78 is 24.7. The molecule has 2 aromatic carbocycles. The van der Waals surface area contributed by atoms with E-state index in [4.69, 9.17) is 0 Å². The monoisotopic (exact) mass is 234 g/mol.